The molecule has 4 nitrogen and oxygen atoms in total. The van der Waals surface area contributed by atoms with Crippen LogP contribution in [-0.2, 0) is 0 Å². The van der Waals surface area contributed by atoms with Crippen molar-refractivity contribution in [1.29, 1.82) is 0 Å². The minimum Gasteiger partial charge on any atom is -0.183 e. The maximum atomic E-state index is 3.18. The zero-order chi connectivity index (χ0) is 2.83. The summed E-state index contributed by atoms with van der Waals surface area (Å²) in [6, 6.07) is 0. The summed E-state index contributed by atoms with van der Waals surface area (Å²) in [5.74, 6) is 0. The van der Waals surface area contributed by atoms with Gasteiger partial charge in [-0.25, -0.2) is 0 Å². The molecule has 22 valence electrons. The van der Waals surface area contributed by atoms with E-state index in [1.54, 1.807) is 0 Å². The topological polar surface area (TPSA) is 57.4 Å². The summed E-state index contributed by atoms with van der Waals surface area (Å²) in [5, 5.41) is 11.0. The SMILES string of the molecule is n1n[nH][nH]1. The molecule has 0 bridgehead atoms. The fraction of sp³-hybridized carbons (Fsp3) is 0. The minimum atomic E-state index is 2.32. The second-order valence-electron chi connectivity index (χ2n) is 0.424. The molecule has 0 aliphatic carbocycles. The van der Waals surface area contributed by atoms with Gasteiger partial charge < -0.3 is 0 Å². The molecule has 4 heavy (non-hydrogen) atoms. The molecule has 1 aromatic heterocycles. The van der Waals surface area contributed by atoms with E-state index in [2.05, 4.69) is 20.9 Å². The molecule has 0 aliphatic heterocycles. The maximum Gasteiger partial charge on any atom is -0.0325 e. The third kappa shape index (κ3) is 0.00469. The van der Waals surface area contributed by atoms with Crippen LogP contribution in [-0.4, -0.2) is 20.9 Å². The Labute approximate surface area is 22.2 Å². The number of hydrogen-bond donors (Lipinski definition) is 2. The first-order valence-corrected chi connectivity index (χ1v) is 0.897. The average molecular weight is 58.0 g/mol. The van der Waals surface area contributed by atoms with Gasteiger partial charge in [0.15, 0.2) is 0 Å². The highest BCUT2D eigenvalue weighted by Gasteiger charge is 1.53. The van der Waals surface area contributed by atoms with E-state index >= 15 is 0 Å². The largest absolute Gasteiger partial charge is 0.183 e. The molecule has 0 unspecified atom stereocenters. The second-order valence-corrected chi connectivity index (χ2v) is 0.424. The number of rotatable bonds is 0. The van der Waals surface area contributed by atoms with Gasteiger partial charge in [0.05, 0.1) is 0 Å². The van der Waals surface area contributed by atoms with E-state index in [9.17, 15) is 0 Å². The molecule has 2 N–H and O–H groups in total. The quantitative estimate of drug-likeness (QED) is 0.407. The van der Waals surface area contributed by atoms with Crippen LogP contribution in [0, 0.1) is 0 Å². The summed E-state index contributed by atoms with van der Waals surface area (Å²) in [7, 11) is 0. The number of aromatic nitrogens is 4. The van der Waals surface area contributed by atoms with Crippen LogP contribution in [0.15, 0.2) is 0 Å². The maximum absolute atomic E-state index is 3.18. The average Bonchev–Trinajstić information content (AvgIpc) is 0.722. The van der Waals surface area contributed by atoms with Crippen molar-refractivity contribution in [1.82, 2.24) is 20.9 Å². The summed E-state index contributed by atoms with van der Waals surface area (Å²) in [5.41, 5.74) is 0. The summed E-state index contributed by atoms with van der Waals surface area (Å²) in [4.78, 5) is 0. The van der Waals surface area contributed by atoms with Crippen molar-refractivity contribution in [2.45, 2.75) is 0 Å². The molecule has 1 rings (SSSR count). The van der Waals surface area contributed by atoms with Crippen molar-refractivity contribution in [2.24, 2.45) is 0 Å². The molecule has 1 heterocycles. The number of aromatic amines is 2. The Morgan fingerprint density at radius 1 is 1.00 bits per heavy atom. The summed E-state index contributed by atoms with van der Waals surface area (Å²) in [6.45, 7) is 0. The monoisotopic (exact) mass is 58.0 g/mol. The van der Waals surface area contributed by atoms with Crippen LogP contribution in [0.25, 0.3) is 0 Å². The lowest BCUT2D eigenvalue weighted by Gasteiger charge is -1.74. The van der Waals surface area contributed by atoms with Crippen molar-refractivity contribution in [3.63, 3.8) is 0 Å². The van der Waals surface area contributed by atoms with Crippen molar-refractivity contribution in [3.8, 4) is 0 Å². The van der Waals surface area contributed by atoms with Gasteiger partial charge in [-0.2, -0.15) is 10.4 Å². The summed E-state index contributed by atoms with van der Waals surface area (Å²) in [6.07, 6.45) is 0. The zero-order valence-corrected chi connectivity index (χ0v) is 1.89. The lowest BCUT2D eigenvalue weighted by atomic mass is 12.4. The lowest BCUT2D eigenvalue weighted by molar-refractivity contribution is 0.570. The van der Waals surface area contributed by atoms with E-state index in [0.29, 0.717) is 0 Å². The van der Waals surface area contributed by atoms with Gasteiger partial charge in [-0.05, 0) is 10.4 Å². The van der Waals surface area contributed by atoms with E-state index in [1.165, 1.54) is 0 Å². The van der Waals surface area contributed by atoms with Gasteiger partial charge in [0.2, 0.25) is 0 Å². The van der Waals surface area contributed by atoms with Gasteiger partial charge in [-0.3, -0.25) is 0 Å². The zero-order valence-electron chi connectivity index (χ0n) is 1.89. The van der Waals surface area contributed by atoms with Gasteiger partial charge in [0, 0.05) is 0 Å². The fourth-order valence-electron chi connectivity index (χ4n) is 0.0500. The van der Waals surface area contributed by atoms with Crippen LogP contribution >= 0.6 is 0 Å². The van der Waals surface area contributed by atoms with E-state index < -0.39 is 0 Å². The van der Waals surface area contributed by atoms with Gasteiger partial charge >= 0.3 is 0 Å². The first-order chi connectivity index (χ1) is 2.00. The molecular formula is H2N4. The van der Waals surface area contributed by atoms with Crippen molar-refractivity contribution >= 4 is 0 Å². The summed E-state index contributed by atoms with van der Waals surface area (Å²) >= 11 is 0. The molecule has 0 fully saturated rings. The van der Waals surface area contributed by atoms with Gasteiger partial charge in [-0.1, -0.05) is 0 Å². The highest BCUT2D eigenvalue weighted by molar-refractivity contribution is 3.84. The van der Waals surface area contributed by atoms with Crippen LogP contribution in [0.3, 0.4) is 0 Å². The van der Waals surface area contributed by atoms with Gasteiger partial charge in [-0.15, -0.1) is 0 Å². The Kier molecular flexibility index (Phi) is 0.117. The Morgan fingerprint density at radius 3 is 1.25 bits per heavy atom. The first kappa shape index (κ1) is 1.51. The Morgan fingerprint density at radius 2 is 1.25 bits per heavy atom. The van der Waals surface area contributed by atoms with Gasteiger partial charge in [0.1, 0.15) is 0 Å². The molecule has 0 saturated carbocycles. The highest BCUT2D eigenvalue weighted by Crippen LogP contribution is 1.31. The normalized spacial score (nSPS) is 8.00. The van der Waals surface area contributed by atoms with Gasteiger partial charge in [0.25, 0.3) is 0 Å². The molecule has 0 amide bonds. The first-order valence-electron chi connectivity index (χ1n) is 0.897. The molecule has 4 heteroatoms. The highest BCUT2D eigenvalue weighted by atomic mass is 15.6. The molecule has 0 atom stereocenters. The number of nitrogens with zero attached hydrogens (tertiary/aromatic N) is 2. The van der Waals surface area contributed by atoms with Crippen LogP contribution < -0.4 is 0 Å². The van der Waals surface area contributed by atoms with Crippen molar-refractivity contribution in [3.05, 3.63) is 0 Å². The minimum absolute atomic E-state index is 2.32. The Hall–Kier alpha value is -0.800. The number of H-pyrrole nitrogens is 2. The van der Waals surface area contributed by atoms with Crippen molar-refractivity contribution < 1.29 is 0 Å². The molecule has 0 spiro atoms. The van der Waals surface area contributed by atoms with Crippen LogP contribution in [0.1, 0.15) is 0 Å². The van der Waals surface area contributed by atoms with Crippen LogP contribution in [0.2, 0.25) is 0 Å². The Bertz CT molecular complexity index is 41.8. The van der Waals surface area contributed by atoms with Crippen LogP contribution in [0.5, 0.6) is 0 Å². The molecule has 0 saturated heterocycles. The molecular weight excluding hydrogens is 56.0 g/mol. The molecule has 0 aromatic carbocycles. The third-order valence-electron chi connectivity index (χ3n) is 0.200. The third-order valence-corrected chi connectivity index (χ3v) is 0.200. The molecule has 1 aromatic rings. The predicted molar refractivity (Wildman–Crippen MR) is 10.7 cm³/mol. The summed E-state index contributed by atoms with van der Waals surface area (Å²) < 4.78 is 0. The van der Waals surface area contributed by atoms with E-state index in [0.717, 1.165) is 0 Å². The van der Waals surface area contributed by atoms with Crippen molar-refractivity contribution in [2.75, 3.05) is 0 Å². The smallest absolute Gasteiger partial charge is 0.0325 e. The molecule has 0 aliphatic rings. The van der Waals surface area contributed by atoms with E-state index in [-0.39, 0.29) is 0 Å². The number of hydrogen-bond acceptors (Lipinski definition) is 2. The lowest BCUT2D eigenvalue weighted by Crippen LogP contribution is -1.96. The molecule has 0 radical (unpaired) electrons. The fourth-order valence-corrected chi connectivity index (χ4v) is 0.0500. The predicted octanol–water partition coefficient (Wildman–Crippen LogP) is -0.867. The second kappa shape index (κ2) is 0.309. The van der Waals surface area contributed by atoms with E-state index in [1.807, 2.05) is 0 Å². The van der Waals surface area contributed by atoms with E-state index in [4.69, 9.17) is 0 Å². The Balaban J connectivity index is 3.00. The number of nitrogens with one attached hydrogen (secondary N) is 2. The standard InChI is InChI=1S/H2N4/c1-2-4-3-1/h(H,1,4)(H,2,3). The van der Waals surface area contributed by atoms with Crippen LogP contribution in [0.4, 0.5) is 0 Å².